The predicted octanol–water partition coefficient (Wildman–Crippen LogP) is 2.06. The van der Waals surface area contributed by atoms with Gasteiger partial charge in [-0.2, -0.15) is 5.10 Å². The first-order chi connectivity index (χ1) is 12.1. The van der Waals surface area contributed by atoms with Crippen LogP contribution in [0.2, 0.25) is 0 Å². The highest BCUT2D eigenvalue weighted by Gasteiger charge is 2.35. The Balaban J connectivity index is 1.65. The Morgan fingerprint density at radius 2 is 1.88 bits per heavy atom. The number of nitrogens with one attached hydrogen (secondary N) is 3. The summed E-state index contributed by atoms with van der Waals surface area (Å²) in [6.45, 7) is 0.593. The number of carbonyl (C=O) groups excluding carboxylic acids is 1. The predicted molar refractivity (Wildman–Crippen MR) is 98.6 cm³/mol. The van der Waals surface area contributed by atoms with Gasteiger partial charge in [0, 0.05) is 12.1 Å². The molecule has 0 saturated heterocycles. The van der Waals surface area contributed by atoms with E-state index >= 15 is 0 Å². The van der Waals surface area contributed by atoms with Gasteiger partial charge < -0.3 is 5.32 Å². The third kappa shape index (κ3) is 4.18. The molecule has 5 nitrogen and oxygen atoms in total. The molecule has 0 aromatic heterocycles. The summed E-state index contributed by atoms with van der Waals surface area (Å²) in [6, 6.07) is 15.7. The van der Waals surface area contributed by atoms with E-state index in [1.54, 1.807) is 12.1 Å². The van der Waals surface area contributed by atoms with Crippen molar-refractivity contribution in [2.45, 2.75) is 11.5 Å². The summed E-state index contributed by atoms with van der Waals surface area (Å²) in [7, 11) is 0. The van der Waals surface area contributed by atoms with Crippen molar-refractivity contribution in [3.63, 3.8) is 0 Å². The van der Waals surface area contributed by atoms with Crippen molar-refractivity contribution >= 4 is 23.4 Å². The van der Waals surface area contributed by atoms with E-state index in [-0.39, 0.29) is 11.7 Å². The Morgan fingerprint density at radius 1 is 1.16 bits per heavy atom. The first-order valence-corrected chi connectivity index (χ1v) is 9.12. The van der Waals surface area contributed by atoms with Crippen LogP contribution in [0, 0.1) is 5.82 Å². The lowest BCUT2D eigenvalue weighted by atomic mass is 10.1. The number of hydrogen-bond acceptors (Lipinski definition) is 5. The maximum atomic E-state index is 12.9. The average molecular weight is 358 g/mol. The van der Waals surface area contributed by atoms with E-state index < -0.39 is 5.12 Å². The second-order valence-corrected chi connectivity index (χ2v) is 6.60. The lowest BCUT2D eigenvalue weighted by molar-refractivity contribution is -0.116. The van der Waals surface area contributed by atoms with E-state index in [1.165, 1.54) is 23.9 Å². The number of hydrazone groups is 1. The van der Waals surface area contributed by atoms with Crippen LogP contribution in [0.15, 0.2) is 59.7 Å². The fourth-order valence-electron chi connectivity index (χ4n) is 2.51. The van der Waals surface area contributed by atoms with Crippen molar-refractivity contribution in [1.82, 2.24) is 16.1 Å². The van der Waals surface area contributed by atoms with Crippen LogP contribution in [0.4, 0.5) is 4.39 Å². The molecule has 0 spiro atoms. The molecule has 3 rings (SSSR count). The molecular weight excluding hydrogens is 339 g/mol. The molecule has 2 aromatic carbocycles. The lowest BCUT2D eigenvalue weighted by Gasteiger charge is -2.36. The topological polar surface area (TPSA) is 65.5 Å². The first kappa shape index (κ1) is 17.4. The second-order valence-electron chi connectivity index (χ2n) is 5.58. The Hall–Kier alpha value is -2.38. The van der Waals surface area contributed by atoms with Crippen LogP contribution in [0.3, 0.4) is 0 Å². The summed E-state index contributed by atoms with van der Waals surface area (Å²) < 4.78 is 12.9. The number of hydrogen-bond donors (Lipinski definition) is 3. The number of amides is 1. The maximum Gasteiger partial charge on any atom is 0.275 e. The average Bonchev–Trinajstić information content (AvgIpc) is 2.64. The first-order valence-electron chi connectivity index (χ1n) is 7.89. The molecule has 130 valence electrons. The van der Waals surface area contributed by atoms with Crippen molar-refractivity contribution in [2.24, 2.45) is 5.10 Å². The number of thioether (sulfide) groups is 1. The molecule has 0 aliphatic carbocycles. The van der Waals surface area contributed by atoms with Crippen LogP contribution in [0.1, 0.15) is 11.1 Å². The molecule has 0 bridgehead atoms. The third-order valence-electron chi connectivity index (χ3n) is 3.88. The molecule has 0 unspecified atom stereocenters. The van der Waals surface area contributed by atoms with E-state index in [0.29, 0.717) is 18.7 Å². The smallest absolute Gasteiger partial charge is 0.275 e. The lowest BCUT2D eigenvalue weighted by Crippen LogP contribution is -2.68. The quantitative estimate of drug-likeness (QED) is 0.692. The Morgan fingerprint density at radius 3 is 2.52 bits per heavy atom. The van der Waals surface area contributed by atoms with Gasteiger partial charge in [0.15, 0.2) is 5.71 Å². The van der Waals surface area contributed by atoms with Crippen LogP contribution in [-0.2, 0) is 11.2 Å². The Kier molecular flexibility index (Phi) is 5.35. The minimum absolute atomic E-state index is 0.242. The van der Waals surface area contributed by atoms with Gasteiger partial charge in [-0.25, -0.2) is 4.39 Å². The van der Waals surface area contributed by atoms with Crippen molar-refractivity contribution < 1.29 is 9.18 Å². The monoisotopic (exact) mass is 358 g/mol. The highest BCUT2D eigenvalue weighted by Crippen LogP contribution is 2.17. The fourth-order valence-corrected chi connectivity index (χ4v) is 3.09. The molecule has 1 aliphatic heterocycles. The number of halogens is 1. The van der Waals surface area contributed by atoms with E-state index in [4.69, 9.17) is 0 Å². The largest absolute Gasteiger partial charge is 0.305 e. The second kappa shape index (κ2) is 7.67. The number of carbonyl (C=O) groups is 1. The molecule has 0 saturated carbocycles. The van der Waals surface area contributed by atoms with Crippen LogP contribution in [0.5, 0.6) is 0 Å². The molecule has 1 atom stereocenters. The van der Waals surface area contributed by atoms with Gasteiger partial charge in [0.1, 0.15) is 5.82 Å². The molecule has 1 heterocycles. The highest BCUT2D eigenvalue weighted by molar-refractivity contribution is 7.99. The van der Waals surface area contributed by atoms with Crippen LogP contribution in [0.25, 0.3) is 0 Å². The summed E-state index contributed by atoms with van der Waals surface area (Å²) in [6.07, 6.45) is 2.58. The van der Waals surface area contributed by atoms with E-state index in [1.807, 2.05) is 36.6 Å². The van der Waals surface area contributed by atoms with Crippen molar-refractivity contribution in [1.29, 1.82) is 0 Å². The molecular formula is C18H19FN4OS. The molecule has 2 aromatic rings. The maximum absolute atomic E-state index is 12.9. The van der Waals surface area contributed by atoms with Crippen molar-refractivity contribution in [3.05, 3.63) is 71.5 Å². The normalized spacial score (nSPS) is 19.8. The van der Waals surface area contributed by atoms with Gasteiger partial charge in [0.25, 0.3) is 5.91 Å². The minimum atomic E-state index is -0.866. The van der Waals surface area contributed by atoms with Gasteiger partial charge >= 0.3 is 0 Å². The van der Waals surface area contributed by atoms with Crippen LogP contribution >= 0.6 is 11.8 Å². The number of benzene rings is 2. The summed E-state index contributed by atoms with van der Waals surface area (Å²) in [5.41, 5.74) is 5.13. The summed E-state index contributed by atoms with van der Waals surface area (Å²) in [4.78, 5) is 12.5. The molecule has 0 fully saturated rings. The van der Waals surface area contributed by atoms with Gasteiger partial charge in [-0.3, -0.25) is 15.5 Å². The molecule has 3 N–H and O–H groups in total. The van der Waals surface area contributed by atoms with Gasteiger partial charge in [-0.15, -0.1) is 0 Å². The Labute approximate surface area is 150 Å². The van der Waals surface area contributed by atoms with Crippen molar-refractivity contribution in [2.75, 3.05) is 12.8 Å². The van der Waals surface area contributed by atoms with Gasteiger partial charge in [-0.05, 0) is 30.4 Å². The Bertz CT molecular complexity index is 766. The minimum Gasteiger partial charge on any atom is -0.305 e. The van der Waals surface area contributed by atoms with E-state index in [0.717, 1.165) is 11.1 Å². The van der Waals surface area contributed by atoms with Crippen LogP contribution < -0.4 is 16.1 Å². The fraction of sp³-hybridized carbons (Fsp3) is 0.222. The van der Waals surface area contributed by atoms with Gasteiger partial charge in [0.2, 0.25) is 5.12 Å². The SMILES string of the molecule is CS[C@@]1(NCCc2ccc(F)cc2)NN=C(c2ccccc2)C(=O)N1. The summed E-state index contributed by atoms with van der Waals surface area (Å²) in [5, 5.41) is 9.60. The van der Waals surface area contributed by atoms with Crippen LogP contribution in [-0.4, -0.2) is 29.5 Å². The number of rotatable bonds is 6. The highest BCUT2D eigenvalue weighted by atomic mass is 32.2. The molecule has 25 heavy (non-hydrogen) atoms. The molecule has 1 aliphatic rings. The van der Waals surface area contributed by atoms with E-state index in [9.17, 15) is 9.18 Å². The van der Waals surface area contributed by atoms with Gasteiger partial charge in [0.05, 0.1) is 0 Å². The molecule has 1 amide bonds. The van der Waals surface area contributed by atoms with Crippen molar-refractivity contribution in [3.8, 4) is 0 Å². The third-order valence-corrected chi connectivity index (χ3v) is 4.83. The molecule has 7 heteroatoms. The standard InChI is InChI=1S/C18H19FN4OS/c1-25-18(20-12-11-13-7-9-15(19)10-8-13)21-17(24)16(22-23-18)14-5-3-2-4-6-14/h2-10,20,23H,11-12H2,1H3,(H,21,24)/t18-/m1/s1. The molecule has 0 radical (unpaired) electrons. The zero-order valence-electron chi connectivity index (χ0n) is 13.8. The zero-order chi connectivity index (χ0) is 17.7. The summed E-state index contributed by atoms with van der Waals surface area (Å²) in [5.74, 6) is -0.491. The van der Waals surface area contributed by atoms with Gasteiger partial charge in [-0.1, -0.05) is 54.2 Å². The summed E-state index contributed by atoms with van der Waals surface area (Å²) >= 11 is 1.41. The zero-order valence-corrected chi connectivity index (χ0v) is 14.6. The number of nitrogens with zero attached hydrogens (tertiary/aromatic N) is 1. The van der Waals surface area contributed by atoms with E-state index in [2.05, 4.69) is 21.2 Å².